The summed E-state index contributed by atoms with van der Waals surface area (Å²) in [6.45, 7) is 4.30. The summed E-state index contributed by atoms with van der Waals surface area (Å²) in [6.07, 6.45) is 2.98. The van der Waals surface area contributed by atoms with E-state index in [2.05, 4.69) is 13.8 Å². The van der Waals surface area contributed by atoms with Crippen molar-refractivity contribution in [1.82, 2.24) is 0 Å². The second-order valence-electron chi connectivity index (χ2n) is 4.63. The van der Waals surface area contributed by atoms with Crippen molar-refractivity contribution in [3.63, 3.8) is 0 Å². The molecule has 1 nitrogen and oxygen atoms in total. The highest BCUT2D eigenvalue weighted by Gasteiger charge is 2.05. The van der Waals surface area contributed by atoms with Crippen molar-refractivity contribution in [2.75, 3.05) is 0 Å². The van der Waals surface area contributed by atoms with E-state index in [1.54, 1.807) is 12.1 Å². The molecule has 0 unspecified atom stereocenters. The van der Waals surface area contributed by atoms with E-state index in [1.807, 2.05) is 0 Å². The van der Waals surface area contributed by atoms with Gasteiger partial charge in [-0.05, 0) is 30.0 Å². The minimum atomic E-state index is -0.271. The van der Waals surface area contributed by atoms with Gasteiger partial charge in [-0.3, -0.25) is 4.79 Å². The number of hydrogen-bond acceptors (Lipinski definition) is 1. The minimum absolute atomic E-state index is 0.200. The number of benzene rings is 1. The van der Waals surface area contributed by atoms with Gasteiger partial charge in [0.05, 0.1) is 0 Å². The van der Waals surface area contributed by atoms with Gasteiger partial charge in [-0.1, -0.05) is 32.4 Å². The lowest BCUT2D eigenvalue weighted by Gasteiger charge is -2.04. The molecule has 0 spiro atoms. The predicted molar refractivity (Wildman–Crippen MR) is 63.8 cm³/mol. The number of rotatable bonds is 6. The maximum Gasteiger partial charge on any atom is 0.137 e. The van der Waals surface area contributed by atoms with Crippen LogP contribution in [0.1, 0.15) is 38.7 Å². The molecule has 0 atom stereocenters. The largest absolute Gasteiger partial charge is 0.299 e. The van der Waals surface area contributed by atoms with Gasteiger partial charge in [-0.15, -0.1) is 0 Å². The van der Waals surface area contributed by atoms with Crippen molar-refractivity contribution < 1.29 is 9.18 Å². The van der Waals surface area contributed by atoms with E-state index in [-0.39, 0.29) is 11.6 Å². The molecule has 0 saturated heterocycles. The Kier molecular flexibility index (Phi) is 5.17. The van der Waals surface area contributed by atoms with E-state index < -0.39 is 0 Å². The molecule has 0 heterocycles. The Bertz CT molecular complexity index is 344. The first kappa shape index (κ1) is 12.9. The third-order valence-corrected chi connectivity index (χ3v) is 2.53. The number of carbonyl (C=O) groups excluding carboxylic acids is 1. The van der Waals surface area contributed by atoms with Gasteiger partial charge in [0.25, 0.3) is 0 Å². The molecule has 0 fully saturated rings. The number of ketones is 1. The van der Waals surface area contributed by atoms with Crippen LogP contribution in [0.15, 0.2) is 24.3 Å². The SMILES string of the molecule is CC(C)CCCC(=O)Cc1cccc(F)c1. The molecular weight excluding hydrogens is 203 g/mol. The van der Waals surface area contributed by atoms with Crippen molar-refractivity contribution in [3.8, 4) is 0 Å². The Morgan fingerprint density at radius 1 is 1.38 bits per heavy atom. The van der Waals surface area contributed by atoms with Crippen LogP contribution in [0.4, 0.5) is 4.39 Å². The standard InChI is InChI=1S/C14H19FO/c1-11(2)5-3-8-14(16)10-12-6-4-7-13(15)9-12/h4,6-7,9,11H,3,5,8,10H2,1-2H3. The van der Waals surface area contributed by atoms with Crippen LogP contribution >= 0.6 is 0 Å². The summed E-state index contributed by atoms with van der Waals surface area (Å²) < 4.78 is 12.9. The van der Waals surface area contributed by atoms with Crippen molar-refractivity contribution in [2.45, 2.75) is 39.5 Å². The highest BCUT2D eigenvalue weighted by Crippen LogP contribution is 2.10. The molecule has 0 radical (unpaired) electrons. The smallest absolute Gasteiger partial charge is 0.137 e. The van der Waals surface area contributed by atoms with Crippen molar-refractivity contribution >= 4 is 5.78 Å². The van der Waals surface area contributed by atoms with Gasteiger partial charge in [-0.2, -0.15) is 0 Å². The molecule has 0 saturated carbocycles. The van der Waals surface area contributed by atoms with Gasteiger partial charge in [0.15, 0.2) is 0 Å². The first-order valence-corrected chi connectivity index (χ1v) is 5.84. The first-order valence-electron chi connectivity index (χ1n) is 5.84. The van der Waals surface area contributed by atoms with Gasteiger partial charge < -0.3 is 0 Å². The van der Waals surface area contributed by atoms with Gasteiger partial charge in [0, 0.05) is 12.8 Å². The molecule has 16 heavy (non-hydrogen) atoms. The monoisotopic (exact) mass is 222 g/mol. The molecule has 0 N–H and O–H groups in total. The van der Waals surface area contributed by atoms with Crippen LogP contribution in [-0.4, -0.2) is 5.78 Å². The lowest BCUT2D eigenvalue weighted by molar-refractivity contribution is -0.118. The lowest BCUT2D eigenvalue weighted by atomic mass is 10.0. The van der Waals surface area contributed by atoms with E-state index in [0.29, 0.717) is 18.8 Å². The fourth-order valence-electron chi connectivity index (χ4n) is 1.67. The quantitative estimate of drug-likeness (QED) is 0.716. The van der Waals surface area contributed by atoms with Crippen LogP contribution in [0.25, 0.3) is 0 Å². The van der Waals surface area contributed by atoms with Crippen LogP contribution in [0.2, 0.25) is 0 Å². The Hall–Kier alpha value is -1.18. The van der Waals surface area contributed by atoms with E-state index >= 15 is 0 Å². The van der Waals surface area contributed by atoms with Crippen LogP contribution in [-0.2, 0) is 11.2 Å². The van der Waals surface area contributed by atoms with E-state index in [9.17, 15) is 9.18 Å². The molecule has 0 amide bonds. The summed E-state index contributed by atoms with van der Waals surface area (Å²) in [5, 5.41) is 0. The summed E-state index contributed by atoms with van der Waals surface area (Å²) in [4.78, 5) is 11.6. The fourth-order valence-corrected chi connectivity index (χ4v) is 1.67. The molecule has 0 aliphatic rings. The Morgan fingerprint density at radius 2 is 2.12 bits per heavy atom. The zero-order valence-electron chi connectivity index (χ0n) is 10.0. The highest BCUT2D eigenvalue weighted by molar-refractivity contribution is 5.80. The van der Waals surface area contributed by atoms with Crippen LogP contribution in [0.3, 0.4) is 0 Å². The molecule has 88 valence electrons. The molecule has 0 bridgehead atoms. The van der Waals surface area contributed by atoms with E-state index in [1.165, 1.54) is 12.1 Å². The minimum Gasteiger partial charge on any atom is -0.299 e. The summed E-state index contributed by atoms with van der Waals surface area (Å²) in [6, 6.07) is 6.27. The van der Waals surface area contributed by atoms with Crippen molar-refractivity contribution in [3.05, 3.63) is 35.6 Å². The Balaban J connectivity index is 2.34. The summed E-state index contributed by atoms with van der Waals surface area (Å²) in [5.74, 6) is 0.570. The third kappa shape index (κ3) is 5.06. The van der Waals surface area contributed by atoms with E-state index in [0.717, 1.165) is 18.4 Å². The van der Waals surface area contributed by atoms with Gasteiger partial charge in [0.1, 0.15) is 11.6 Å². The Labute approximate surface area is 96.7 Å². The molecular formula is C14H19FO. The molecule has 2 heteroatoms. The topological polar surface area (TPSA) is 17.1 Å². The fraction of sp³-hybridized carbons (Fsp3) is 0.500. The first-order chi connectivity index (χ1) is 7.58. The van der Waals surface area contributed by atoms with Gasteiger partial charge >= 0.3 is 0 Å². The maximum atomic E-state index is 12.9. The molecule has 1 rings (SSSR count). The molecule has 1 aromatic carbocycles. The number of hydrogen-bond donors (Lipinski definition) is 0. The average molecular weight is 222 g/mol. The predicted octanol–water partition coefficient (Wildman–Crippen LogP) is 3.76. The van der Waals surface area contributed by atoms with E-state index in [4.69, 9.17) is 0 Å². The average Bonchev–Trinajstić information content (AvgIpc) is 2.16. The molecule has 0 aliphatic heterocycles. The third-order valence-electron chi connectivity index (χ3n) is 2.53. The Morgan fingerprint density at radius 3 is 2.75 bits per heavy atom. The van der Waals surface area contributed by atoms with Crippen LogP contribution in [0.5, 0.6) is 0 Å². The second kappa shape index (κ2) is 6.41. The second-order valence-corrected chi connectivity index (χ2v) is 4.63. The highest BCUT2D eigenvalue weighted by atomic mass is 19.1. The molecule has 0 aliphatic carbocycles. The molecule has 1 aromatic rings. The zero-order valence-corrected chi connectivity index (χ0v) is 10.0. The number of Topliss-reactive ketones (excluding diaryl/α,β-unsaturated/α-hetero) is 1. The number of halogens is 1. The summed E-state index contributed by atoms with van der Waals surface area (Å²) in [5.41, 5.74) is 0.773. The lowest BCUT2D eigenvalue weighted by Crippen LogP contribution is -2.03. The van der Waals surface area contributed by atoms with Crippen molar-refractivity contribution in [2.24, 2.45) is 5.92 Å². The zero-order chi connectivity index (χ0) is 12.0. The normalized spacial score (nSPS) is 10.8. The van der Waals surface area contributed by atoms with Gasteiger partial charge in [0.2, 0.25) is 0 Å². The maximum absolute atomic E-state index is 12.9. The summed E-state index contributed by atoms with van der Waals surface area (Å²) in [7, 11) is 0. The van der Waals surface area contributed by atoms with Crippen LogP contribution < -0.4 is 0 Å². The van der Waals surface area contributed by atoms with Gasteiger partial charge in [-0.25, -0.2) is 4.39 Å². The summed E-state index contributed by atoms with van der Waals surface area (Å²) >= 11 is 0. The van der Waals surface area contributed by atoms with Crippen molar-refractivity contribution in [1.29, 1.82) is 0 Å². The number of carbonyl (C=O) groups is 1. The van der Waals surface area contributed by atoms with Crippen LogP contribution in [0, 0.1) is 11.7 Å². The molecule has 0 aromatic heterocycles.